The molecule has 0 aromatic heterocycles. The molecule has 1 heterocycles. The number of carbonyl (C=O) groups is 2. The van der Waals surface area contributed by atoms with Crippen molar-refractivity contribution in [2.45, 2.75) is 51.4 Å². The van der Waals surface area contributed by atoms with Crippen molar-refractivity contribution in [3.63, 3.8) is 0 Å². The Bertz CT molecular complexity index is 740. The van der Waals surface area contributed by atoms with Gasteiger partial charge >= 0.3 is 11.9 Å². The van der Waals surface area contributed by atoms with Crippen LogP contribution in [0.1, 0.15) is 45.1 Å². The largest absolute Gasteiger partial charge is 0.493 e. The number of halogens is 1. The molecule has 26 heavy (non-hydrogen) atoms. The summed E-state index contributed by atoms with van der Waals surface area (Å²) in [4.78, 5) is 24.2. The van der Waals surface area contributed by atoms with Gasteiger partial charge in [-0.3, -0.25) is 0 Å². The van der Waals surface area contributed by atoms with E-state index in [0.29, 0.717) is 21.5 Å². The number of hydrogen-bond acceptors (Lipinski definition) is 6. The Hall–Kier alpha value is -2.02. The zero-order valence-corrected chi connectivity index (χ0v) is 16.6. The van der Waals surface area contributed by atoms with Crippen LogP contribution in [0.3, 0.4) is 0 Å². The van der Waals surface area contributed by atoms with Crippen molar-refractivity contribution in [2.75, 3.05) is 7.11 Å². The number of carbonyl (C=O) groups excluding carboxylic acids is 2. The van der Waals surface area contributed by atoms with Gasteiger partial charge in [-0.25, -0.2) is 9.59 Å². The Morgan fingerprint density at radius 1 is 1.15 bits per heavy atom. The summed E-state index contributed by atoms with van der Waals surface area (Å²) < 4.78 is 22.4. The summed E-state index contributed by atoms with van der Waals surface area (Å²) in [6.45, 7) is 3.02. The zero-order valence-electron chi connectivity index (χ0n) is 15.0. The molecule has 1 saturated heterocycles. The number of methoxy groups -OCH3 is 1. The number of hydrogen-bond donors (Lipinski definition) is 0. The first-order valence-electron chi connectivity index (χ1n) is 8.51. The van der Waals surface area contributed by atoms with Crippen LogP contribution < -0.4 is 9.47 Å². The van der Waals surface area contributed by atoms with Crippen molar-refractivity contribution in [3.05, 3.63) is 27.7 Å². The summed E-state index contributed by atoms with van der Waals surface area (Å²) in [6, 6.07) is 3.47. The SMILES string of the molecule is COc1cc(C=C2C(=O)OC(C)(C)OC2=O)cc(Br)c1OC1CCCC1. The first kappa shape index (κ1) is 18.8. The van der Waals surface area contributed by atoms with Crippen molar-refractivity contribution in [2.24, 2.45) is 0 Å². The van der Waals surface area contributed by atoms with E-state index in [1.54, 1.807) is 19.2 Å². The molecule has 6 nitrogen and oxygen atoms in total. The van der Waals surface area contributed by atoms with Crippen LogP contribution in [-0.4, -0.2) is 30.9 Å². The number of cyclic esters (lactones) is 2. The van der Waals surface area contributed by atoms with Gasteiger partial charge in [0.1, 0.15) is 5.57 Å². The molecule has 1 aliphatic carbocycles. The second-order valence-corrected chi connectivity index (χ2v) is 7.65. The van der Waals surface area contributed by atoms with Crippen LogP contribution >= 0.6 is 15.9 Å². The summed E-state index contributed by atoms with van der Waals surface area (Å²) in [5, 5.41) is 0. The smallest absolute Gasteiger partial charge is 0.348 e. The fraction of sp³-hybridized carbons (Fsp3) is 0.474. The van der Waals surface area contributed by atoms with Crippen LogP contribution in [0.15, 0.2) is 22.2 Å². The maximum Gasteiger partial charge on any atom is 0.348 e. The summed E-state index contributed by atoms with van der Waals surface area (Å²) >= 11 is 3.49. The maximum absolute atomic E-state index is 12.1. The van der Waals surface area contributed by atoms with Gasteiger partial charge < -0.3 is 18.9 Å². The molecule has 0 bridgehead atoms. The lowest BCUT2D eigenvalue weighted by Crippen LogP contribution is -2.41. The fourth-order valence-corrected chi connectivity index (χ4v) is 3.61. The van der Waals surface area contributed by atoms with E-state index in [-0.39, 0.29) is 11.7 Å². The average Bonchev–Trinajstić information content (AvgIpc) is 3.05. The van der Waals surface area contributed by atoms with Gasteiger partial charge in [-0.1, -0.05) is 0 Å². The molecule has 2 fully saturated rings. The molecular weight excluding hydrogens is 404 g/mol. The van der Waals surface area contributed by atoms with Crippen LogP contribution in [0.4, 0.5) is 0 Å². The monoisotopic (exact) mass is 424 g/mol. The van der Waals surface area contributed by atoms with Gasteiger partial charge in [0.2, 0.25) is 0 Å². The van der Waals surface area contributed by atoms with E-state index in [2.05, 4.69) is 15.9 Å². The summed E-state index contributed by atoms with van der Waals surface area (Å²) in [7, 11) is 1.55. The van der Waals surface area contributed by atoms with Crippen molar-refractivity contribution in [1.29, 1.82) is 0 Å². The highest BCUT2D eigenvalue weighted by atomic mass is 79.9. The first-order chi connectivity index (χ1) is 12.3. The van der Waals surface area contributed by atoms with Crippen LogP contribution in [0.2, 0.25) is 0 Å². The second kappa shape index (κ2) is 7.31. The number of ether oxygens (including phenoxy) is 4. The first-order valence-corrected chi connectivity index (χ1v) is 9.31. The molecule has 1 aromatic carbocycles. The lowest BCUT2D eigenvalue weighted by Gasteiger charge is -2.29. The van der Waals surface area contributed by atoms with Gasteiger partial charge in [-0.05, 0) is 65.4 Å². The third kappa shape index (κ3) is 4.03. The van der Waals surface area contributed by atoms with Crippen molar-refractivity contribution in [3.8, 4) is 11.5 Å². The van der Waals surface area contributed by atoms with Gasteiger partial charge in [-0.2, -0.15) is 0 Å². The Morgan fingerprint density at radius 2 is 1.77 bits per heavy atom. The van der Waals surface area contributed by atoms with Crippen LogP contribution in [0, 0.1) is 0 Å². The minimum absolute atomic E-state index is 0.164. The summed E-state index contributed by atoms with van der Waals surface area (Å²) in [5.41, 5.74) is 0.429. The van der Waals surface area contributed by atoms with Crippen molar-refractivity contribution in [1.82, 2.24) is 0 Å². The van der Waals surface area contributed by atoms with E-state index >= 15 is 0 Å². The fourth-order valence-electron chi connectivity index (χ4n) is 3.06. The van der Waals surface area contributed by atoms with E-state index < -0.39 is 17.7 Å². The molecule has 0 spiro atoms. The van der Waals surface area contributed by atoms with Crippen LogP contribution in [0.25, 0.3) is 6.08 Å². The van der Waals surface area contributed by atoms with Gasteiger partial charge in [0, 0.05) is 13.8 Å². The second-order valence-electron chi connectivity index (χ2n) is 6.80. The van der Waals surface area contributed by atoms with Crippen LogP contribution in [0.5, 0.6) is 11.5 Å². The Labute approximate surface area is 160 Å². The molecule has 0 N–H and O–H groups in total. The van der Waals surface area contributed by atoms with E-state index in [0.717, 1.165) is 25.7 Å². The molecule has 0 radical (unpaired) electrons. The number of esters is 2. The predicted octanol–water partition coefficient (Wildman–Crippen LogP) is 4.00. The molecule has 1 aromatic rings. The molecule has 2 aliphatic rings. The van der Waals surface area contributed by atoms with E-state index in [1.807, 2.05) is 0 Å². The van der Waals surface area contributed by atoms with Gasteiger partial charge in [0.25, 0.3) is 5.79 Å². The highest BCUT2D eigenvalue weighted by Crippen LogP contribution is 2.40. The summed E-state index contributed by atoms with van der Waals surface area (Å²) in [5.74, 6) is -1.55. The topological polar surface area (TPSA) is 71.1 Å². The molecule has 0 amide bonds. The molecule has 0 unspecified atom stereocenters. The van der Waals surface area contributed by atoms with Gasteiger partial charge in [0.15, 0.2) is 11.5 Å². The minimum Gasteiger partial charge on any atom is -0.493 e. The van der Waals surface area contributed by atoms with Gasteiger partial charge in [0.05, 0.1) is 17.7 Å². The Morgan fingerprint density at radius 3 is 2.35 bits per heavy atom. The lowest BCUT2D eigenvalue weighted by molar-refractivity contribution is -0.222. The molecule has 7 heteroatoms. The standard InChI is InChI=1S/C19H21BrO6/c1-19(2)25-17(21)13(18(22)26-19)8-11-9-14(20)16(15(10-11)23-3)24-12-6-4-5-7-12/h8-10,12H,4-7H2,1-3H3. The minimum atomic E-state index is -1.26. The average molecular weight is 425 g/mol. The van der Waals surface area contributed by atoms with E-state index in [1.165, 1.54) is 19.9 Å². The van der Waals surface area contributed by atoms with E-state index in [9.17, 15) is 9.59 Å². The lowest BCUT2D eigenvalue weighted by atomic mass is 10.1. The number of rotatable bonds is 4. The third-order valence-corrected chi connectivity index (χ3v) is 4.86. The highest BCUT2D eigenvalue weighted by Gasteiger charge is 2.38. The Kier molecular flexibility index (Phi) is 5.27. The van der Waals surface area contributed by atoms with Crippen molar-refractivity contribution < 1.29 is 28.5 Å². The van der Waals surface area contributed by atoms with Gasteiger partial charge in [-0.15, -0.1) is 0 Å². The predicted molar refractivity (Wildman–Crippen MR) is 97.8 cm³/mol. The Balaban J connectivity index is 1.90. The normalized spacial score (nSPS) is 19.8. The highest BCUT2D eigenvalue weighted by molar-refractivity contribution is 9.10. The third-order valence-electron chi connectivity index (χ3n) is 4.27. The number of benzene rings is 1. The molecule has 0 atom stereocenters. The molecule has 3 rings (SSSR count). The zero-order chi connectivity index (χ0) is 18.9. The van der Waals surface area contributed by atoms with E-state index in [4.69, 9.17) is 18.9 Å². The van der Waals surface area contributed by atoms with Crippen molar-refractivity contribution >= 4 is 33.9 Å². The molecule has 140 valence electrons. The molecule has 1 saturated carbocycles. The quantitative estimate of drug-likeness (QED) is 0.413. The molecular formula is C19H21BrO6. The molecule has 1 aliphatic heterocycles. The summed E-state index contributed by atoms with van der Waals surface area (Å²) in [6.07, 6.45) is 5.97. The maximum atomic E-state index is 12.1. The van der Waals surface area contributed by atoms with Crippen LogP contribution in [-0.2, 0) is 19.1 Å².